The molecule has 0 spiro atoms. The van der Waals surface area contributed by atoms with Crippen LogP contribution < -0.4 is 5.73 Å². The molecule has 0 bridgehead atoms. The van der Waals surface area contributed by atoms with Crippen molar-refractivity contribution in [1.82, 2.24) is 9.80 Å². The lowest BCUT2D eigenvalue weighted by Crippen LogP contribution is -2.44. The lowest BCUT2D eigenvalue weighted by molar-refractivity contribution is 0.195. The Morgan fingerprint density at radius 1 is 1.19 bits per heavy atom. The van der Waals surface area contributed by atoms with E-state index in [0.717, 1.165) is 31.8 Å². The highest BCUT2D eigenvalue weighted by Crippen LogP contribution is 2.20. The van der Waals surface area contributed by atoms with Crippen molar-refractivity contribution in [3.63, 3.8) is 0 Å². The second-order valence-corrected chi connectivity index (χ2v) is 4.90. The molecule has 2 rings (SSSR count). The van der Waals surface area contributed by atoms with E-state index in [0.29, 0.717) is 0 Å². The molecule has 2 saturated heterocycles. The van der Waals surface area contributed by atoms with Crippen LogP contribution in [0.1, 0.15) is 25.7 Å². The van der Waals surface area contributed by atoms with E-state index in [1.807, 2.05) is 4.90 Å². The number of oxime groups is 1. The minimum Gasteiger partial charge on any atom is -0.408 e. The van der Waals surface area contributed by atoms with Crippen molar-refractivity contribution in [2.45, 2.75) is 25.7 Å². The van der Waals surface area contributed by atoms with E-state index < -0.39 is 0 Å². The zero-order chi connectivity index (χ0) is 11.4. The lowest BCUT2D eigenvalue weighted by atomic mass is 9.96. The Bertz CT molecular complexity index is 242. The Labute approximate surface area is 96.9 Å². The summed E-state index contributed by atoms with van der Waals surface area (Å²) in [4.78, 5) is 4.53. The Morgan fingerprint density at radius 2 is 1.81 bits per heavy atom. The zero-order valence-electron chi connectivity index (χ0n) is 9.81. The summed E-state index contributed by atoms with van der Waals surface area (Å²) in [6.45, 7) is 5.65. The first-order valence-electron chi connectivity index (χ1n) is 6.24. The maximum atomic E-state index is 8.60. The van der Waals surface area contributed by atoms with Crippen molar-refractivity contribution in [2.75, 3.05) is 32.7 Å². The fourth-order valence-corrected chi connectivity index (χ4v) is 2.74. The number of hydrogen-bond acceptors (Lipinski definition) is 3. The zero-order valence-corrected chi connectivity index (χ0v) is 9.81. The molecule has 0 aromatic heterocycles. The fourth-order valence-electron chi connectivity index (χ4n) is 2.74. The molecule has 0 amide bonds. The number of likely N-dealkylation sites (tertiary alicyclic amines) is 2. The van der Waals surface area contributed by atoms with Gasteiger partial charge in [-0.05, 0) is 44.7 Å². The molecule has 0 atom stereocenters. The van der Waals surface area contributed by atoms with Gasteiger partial charge in [0.1, 0.15) is 0 Å². The molecule has 0 saturated carbocycles. The van der Waals surface area contributed by atoms with E-state index in [9.17, 15) is 0 Å². The van der Waals surface area contributed by atoms with Crippen LogP contribution in [0.2, 0.25) is 0 Å². The van der Waals surface area contributed by atoms with E-state index in [2.05, 4.69) is 10.1 Å². The van der Waals surface area contributed by atoms with Gasteiger partial charge in [0.2, 0.25) is 5.96 Å². The van der Waals surface area contributed by atoms with Gasteiger partial charge in [-0.2, -0.15) is 0 Å². The summed E-state index contributed by atoms with van der Waals surface area (Å²) in [6.07, 6.45) is 5.05. The fraction of sp³-hybridized carbons (Fsp3) is 0.909. The third-order valence-electron chi connectivity index (χ3n) is 3.76. The number of piperidine rings is 1. The molecule has 2 heterocycles. The second-order valence-electron chi connectivity index (χ2n) is 4.90. The predicted octanol–water partition coefficient (Wildman–Crippen LogP) is 0.498. The molecular formula is C11H22N4O. The van der Waals surface area contributed by atoms with Gasteiger partial charge in [-0.1, -0.05) is 5.16 Å². The maximum absolute atomic E-state index is 8.60. The smallest absolute Gasteiger partial charge is 0.233 e. The van der Waals surface area contributed by atoms with Crippen LogP contribution in [0, 0.1) is 5.92 Å². The van der Waals surface area contributed by atoms with Gasteiger partial charge in [-0.15, -0.1) is 0 Å². The highest BCUT2D eigenvalue weighted by molar-refractivity contribution is 5.77. The minimum absolute atomic E-state index is 0.264. The molecule has 2 fully saturated rings. The van der Waals surface area contributed by atoms with Crippen LogP contribution >= 0.6 is 0 Å². The van der Waals surface area contributed by atoms with Crippen molar-refractivity contribution in [2.24, 2.45) is 16.8 Å². The van der Waals surface area contributed by atoms with E-state index in [1.54, 1.807) is 0 Å². The first kappa shape index (κ1) is 11.5. The highest BCUT2D eigenvalue weighted by Gasteiger charge is 2.23. The number of guanidine groups is 1. The average Bonchev–Trinajstić information content (AvgIpc) is 2.82. The second kappa shape index (κ2) is 5.39. The molecule has 0 radical (unpaired) electrons. The number of rotatable bonds is 2. The number of nitrogens with two attached hydrogens (primary N) is 1. The van der Waals surface area contributed by atoms with Crippen molar-refractivity contribution in [3.05, 3.63) is 0 Å². The highest BCUT2D eigenvalue weighted by atomic mass is 16.4. The molecular weight excluding hydrogens is 204 g/mol. The molecule has 5 heteroatoms. The van der Waals surface area contributed by atoms with Gasteiger partial charge < -0.3 is 20.7 Å². The van der Waals surface area contributed by atoms with E-state index in [4.69, 9.17) is 10.9 Å². The molecule has 2 aliphatic rings. The van der Waals surface area contributed by atoms with Crippen molar-refractivity contribution in [1.29, 1.82) is 0 Å². The minimum atomic E-state index is 0.264. The summed E-state index contributed by atoms with van der Waals surface area (Å²) < 4.78 is 0. The normalized spacial score (nSPS) is 25.2. The quantitative estimate of drug-likeness (QED) is 0.311. The molecule has 92 valence electrons. The predicted molar refractivity (Wildman–Crippen MR) is 63.4 cm³/mol. The average molecular weight is 226 g/mol. The molecule has 5 nitrogen and oxygen atoms in total. The van der Waals surface area contributed by atoms with E-state index in [-0.39, 0.29) is 5.96 Å². The molecule has 0 aliphatic carbocycles. The molecule has 0 unspecified atom stereocenters. The topological polar surface area (TPSA) is 65.1 Å². The van der Waals surface area contributed by atoms with Gasteiger partial charge in [0.25, 0.3) is 0 Å². The molecule has 0 aromatic rings. The molecule has 2 aliphatic heterocycles. The van der Waals surface area contributed by atoms with Crippen LogP contribution in [-0.2, 0) is 0 Å². The Morgan fingerprint density at radius 3 is 2.38 bits per heavy atom. The summed E-state index contributed by atoms with van der Waals surface area (Å²) in [5.74, 6) is 1.06. The van der Waals surface area contributed by atoms with Crippen LogP contribution in [-0.4, -0.2) is 53.7 Å². The van der Waals surface area contributed by atoms with E-state index in [1.165, 1.54) is 32.5 Å². The summed E-state index contributed by atoms with van der Waals surface area (Å²) >= 11 is 0. The standard InChI is InChI=1S/C11H22N4O/c12-11(13-16)15-7-3-10(4-8-15)9-14-5-1-2-6-14/h10,16H,1-9H2,(H2,12,13). The van der Waals surface area contributed by atoms with Crippen LogP contribution in [0.25, 0.3) is 0 Å². The van der Waals surface area contributed by atoms with Gasteiger partial charge in [-0.3, -0.25) is 0 Å². The third-order valence-corrected chi connectivity index (χ3v) is 3.76. The largest absolute Gasteiger partial charge is 0.408 e. The van der Waals surface area contributed by atoms with Crippen molar-refractivity contribution >= 4 is 5.96 Å². The van der Waals surface area contributed by atoms with Crippen molar-refractivity contribution in [3.8, 4) is 0 Å². The maximum Gasteiger partial charge on any atom is 0.233 e. The first-order valence-corrected chi connectivity index (χ1v) is 6.24. The van der Waals surface area contributed by atoms with E-state index >= 15 is 0 Å². The monoisotopic (exact) mass is 226 g/mol. The SMILES string of the molecule is NC(=NO)N1CCC(CN2CCCC2)CC1. The third kappa shape index (κ3) is 2.78. The van der Waals surface area contributed by atoms with Gasteiger partial charge in [0, 0.05) is 19.6 Å². The summed E-state index contributed by atoms with van der Waals surface area (Å²) in [5, 5.41) is 11.6. The Kier molecular flexibility index (Phi) is 3.88. The van der Waals surface area contributed by atoms with Gasteiger partial charge >= 0.3 is 0 Å². The molecule has 3 N–H and O–H groups in total. The van der Waals surface area contributed by atoms with Crippen LogP contribution in [0.3, 0.4) is 0 Å². The first-order chi connectivity index (χ1) is 7.79. The van der Waals surface area contributed by atoms with Gasteiger partial charge in [0.05, 0.1) is 0 Å². The van der Waals surface area contributed by atoms with Gasteiger partial charge in [0.15, 0.2) is 0 Å². The molecule has 16 heavy (non-hydrogen) atoms. The summed E-state index contributed by atoms with van der Waals surface area (Å²) in [6, 6.07) is 0. The van der Waals surface area contributed by atoms with Crippen molar-refractivity contribution < 1.29 is 5.21 Å². The van der Waals surface area contributed by atoms with Gasteiger partial charge in [-0.25, -0.2) is 0 Å². The summed E-state index contributed by atoms with van der Waals surface area (Å²) in [5.41, 5.74) is 5.57. The van der Waals surface area contributed by atoms with Crippen LogP contribution in [0.15, 0.2) is 5.16 Å². The summed E-state index contributed by atoms with van der Waals surface area (Å²) in [7, 11) is 0. The molecule has 0 aromatic carbocycles. The lowest BCUT2D eigenvalue weighted by Gasteiger charge is -2.33. The van der Waals surface area contributed by atoms with Crippen LogP contribution in [0.4, 0.5) is 0 Å². The van der Waals surface area contributed by atoms with Crippen LogP contribution in [0.5, 0.6) is 0 Å². The number of nitrogens with zero attached hydrogens (tertiary/aromatic N) is 3. The Hall–Kier alpha value is -0.970. The number of hydrogen-bond donors (Lipinski definition) is 2. The Balaban J connectivity index is 1.72.